The second-order valence-corrected chi connectivity index (χ2v) is 10.5. The summed E-state index contributed by atoms with van der Waals surface area (Å²) in [6.07, 6.45) is 0. The van der Waals surface area contributed by atoms with E-state index in [1.54, 1.807) is 14.2 Å². The minimum Gasteiger partial charge on any atom is -0.493 e. The molecule has 0 saturated heterocycles. The fraction of sp³-hybridized carbons (Fsp3) is 0.419. The van der Waals surface area contributed by atoms with Crippen molar-refractivity contribution >= 4 is 18.1 Å². The van der Waals surface area contributed by atoms with Gasteiger partial charge in [-0.2, -0.15) is 0 Å². The number of fused-ring (bicyclic) bond motifs is 1. The lowest BCUT2D eigenvalue weighted by molar-refractivity contribution is 0.121. The van der Waals surface area contributed by atoms with Gasteiger partial charge in [0.25, 0.3) is 0 Å². The number of hydrogen-bond acceptors (Lipinski definition) is 4. The highest BCUT2D eigenvalue weighted by molar-refractivity contribution is 5.85. The van der Waals surface area contributed by atoms with Gasteiger partial charge < -0.3 is 19.5 Å². The van der Waals surface area contributed by atoms with Gasteiger partial charge in [0, 0.05) is 17.8 Å². The molecule has 0 spiro atoms. The smallest absolute Gasteiger partial charge is 0.161 e. The fourth-order valence-electron chi connectivity index (χ4n) is 5.38. The Hall–Kier alpha value is -2.85. The first-order valence-corrected chi connectivity index (χ1v) is 12.5. The van der Waals surface area contributed by atoms with Crippen molar-refractivity contribution in [2.45, 2.75) is 72.4 Å². The summed E-state index contributed by atoms with van der Waals surface area (Å²) in [5.74, 6) is 3.20. The molecule has 0 aromatic heterocycles. The summed E-state index contributed by atoms with van der Waals surface area (Å²) in [6.45, 7) is 16.2. The summed E-state index contributed by atoms with van der Waals surface area (Å²) < 4.78 is 17.5. The molecule has 5 heteroatoms. The molecule has 1 unspecified atom stereocenters. The van der Waals surface area contributed by atoms with Gasteiger partial charge >= 0.3 is 0 Å². The average Bonchev–Trinajstić information content (AvgIpc) is 3.13. The van der Waals surface area contributed by atoms with Crippen LogP contribution in [-0.2, 0) is 6.54 Å². The molecule has 0 amide bonds. The Morgan fingerprint density at radius 2 is 1.53 bits per heavy atom. The van der Waals surface area contributed by atoms with Gasteiger partial charge in [0.05, 0.1) is 20.1 Å². The van der Waals surface area contributed by atoms with Gasteiger partial charge in [-0.05, 0) is 86.1 Å². The monoisotopic (exact) mass is 509 g/mol. The Bertz CT molecular complexity index is 1230. The van der Waals surface area contributed by atoms with Crippen molar-refractivity contribution in [1.29, 1.82) is 0 Å². The quantitative estimate of drug-likeness (QED) is 0.349. The third-order valence-electron chi connectivity index (χ3n) is 7.50. The van der Waals surface area contributed by atoms with Crippen LogP contribution in [0.5, 0.6) is 17.2 Å². The number of nitrogens with one attached hydrogen (secondary N) is 1. The predicted molar refractivity (Wildman–Crippen MR) is 152 cm³/mol. The van der Waals surface area contributed by atoms with Gasteiger partial charge in [0.15, 0.2) is 11.5 Å². The zero-order valence-corrected chi connectivity index (χ0v) is 23.9. The maximum absolute atomic E-state index is 6.65. The molecule has 194 valence electrons. The molecule has 1 atom stereocenters. The number of benzene rings is 3. The van der Waals surface area contributed by atoms with E-state index in [0.717, 1.165) is 22.8 Å². The highest BCUT2D eigenvalue weighted by Gasteiger charge is 2.44. The number of ether oxygens (including phenoxy) is 3. The fourth-order valence-corrected chi connectivity index (χ4v) is 5.38. The highest BCUT2D eigenvalue weighted by Crippen LogP contribution is 2.53. The molecule has 1 aliphatic heterocycles. The van der Waals surface area contributed by atoms with E-state index >= 15 is 0 Å². The van der Waals surface area contributed by atoms with E-state index in [0.29, 0.717) is 12.5 Å². The minimum absolute atomic E-state index is 0. The van der Waals surface area contributed by atoms with E-state index < -0.39 is 0 Å². The summed E-state index contributed by atoms with van der Waals surface area (Å²) in [4.78, 5) is 0. The van der Waals surface area contributed by atoms with Crippen molar-refractivity contribution in [3.05, 3.63) is 81.4 Å². The van der Waals surface area contributed by atoms with E-state index in [-0.39, 0.29) is 23.9 Å². The van der Waals surface area contributed by atoms with Crippen molar-refractivity contribution in [3.8, 4) is 17.2 Å². The lowest BCUT2D eigenvalue weighted by atomic mass is 9.78. The molecule has 1 aliphatic rings. The molecule has 1 N–H and O–H groups in total. The normalized spacial score (nSPS) is 15.7. The summed E-state index contributed by atoms with van der Waals surface area (Å²) in [7, 11) is 3.33. The second-order valence-electron chi connectivity index (χ2n) is 10.5. The molecule has 36 heavy (non-hydrogen) atoms. The lowest BCUT2D eigenvalue weighted by Crippen LogP contribution is -2.31. The molecule has 3 aromatic carbocycles. The zero-order valence-electron chi connectivity index (χ0n) is 23.0. The number of methoxy groups -OCH3 is 2. The summed E-state index contributed by atoms with van der Waals surface area (Å²) >= 11 is 0. The van der Waals surface area contributed by atoms with Crippen molar-refractivity contribution in [2.75, 3.05) is 19.5 Å². The third kappa shape index (κ3) is 4.88. The zero-order chi connectivity index (χ0) is 25.5. The first-order valence-electron chi connectivity index (χ1n) is 12.5. The number of hydrogen-bond donors (Lipinski definition) is 1. The van der Waals surface area contributed by atoms with E-state index in [1.807, 2.05) is 12.1 Å². The van der Waals surface area contributed by atoms with Gasteiger partial charge in [-0.3, -0.25) is 0 Å². The molecule has 3 aromatic rings. The summed E-state index contributed by atoms with van der Waals surface area (Å²) in [5.41, 5.74) is 9.64. The van der Waals surface area contributed by atoms with Gasteiger partial charge in [-0.25, -0.2) is 0 Å². The highest BCUT2D eigenvalue weighted by atomic mass is 35.5. The molecule has 4 rings (SSSR count). The lowest BCUT2D eigenvalue weighted by Gasteiger charge is -2.27. The topological polar surface area (TPSA) is 39.7 Å². The van der Waals surface area contributed by atoms with Gasteiger partial charge in [0.1, 0.15) is 11.4 Å². The van der Waals surface area contributed by atoms with Crippen molar-refractivity contribution in [2.24, 2.45) is 0 Å². The number of halogens is 1. The van der Waals surface area contributed by atoms with Crippen molar-refractivity contribution < 1.29 is 14.2 Å². The predicted octanol–water partition coefficient (Wildman–Crippen LogP) is 8.09. The van der Waals surface area contributed by atoms with Crippen LogP contribution in [0, 0.1) is 20.8 Å². The molecule has 4 nitrogen and oxygen atoms in total. The summed E-state index contributed by atoms with van der Waals surface area (Å²) in [5, 5.41) is 3.73. The maximum Gasteiger partial charge on any atom is 0.161 e. The molecule has 0 radical (unpaired) electrons. The Labute approximate surface area is 222 Å². The van der Waals surface area contributed by atoms with Crippen LogP contribution < -0.4 is 19.5 Å². The summed E-state index contributed by atoms with van der Waals surface area (Å²) in [6, 6.07) is 15.2. The molecule has 1 heterocycles. The van der Waals surface area contributed by atoms with Crippen LogP contribution in [0.2, 0.25) is 0 Å². The molecule has 0 aliphatic carbocycles. The third-order valence-corrected chi connectivity index (χ3v) is 7.50. The molecular formula is C31H40ClNO3. The Morgan fingerprint density at radius 3 is 2.11 bits per heavy atom. The SMILES string of the molecule is COc1ccc(CNc2c(C)c(C)c3c(c2C)C(c2ccc(C(C)C)cc2)C(C)(C)O3)cc1OC.Cl. The largest absolute Gasteiger partial charge is 0.493 e. The van der Waals surface area contributed by atoms with Crippen LogP contribution in [0.3, 0.4) is 0 Å². The maximum atomic E-state index is 6.65. The van der Waals surface area contributed by atoms with Crippen LogP contribution >= 0.6 is 12.4 Å². The van der Waals surface area contributed by atoms with E-state index in [2.05, 4.69) is 84.1 Å². The standard InChI is InChI=1S/C31H39NO3.ClH/c1-18(2)23-11-13-24(14-12-23)28-27-21(5)29(19(3)20(4)30(27)35-31(28,6)7)32-17-22-10-15-25(33-8)26(16-22)34-9;/h10-16,18,28,32H,17H2,1-9H3;1H. The Kier molecular flexibility index (Phi) is 8.20. The van der Waals surface area contributed by atoms with Crippen LogP contribution in [0.15, 0.2) is 42.5 Å². The van der Waals surface area contributed by atoms with E-state index in [1.165, 1.54) is 39.1 Å². The van der Waals surface area contributed by atoms with Crippen molar-refractivity contribution in [1.82, 2.24) is 0 Å². The van der Waals surface area contributed by atoms with Crippen LogP contribution in [0.25, 0.3) is 0 Å². The van der Waals surface area contributed by atoms with Crippen LogP contribution in [-0.4, -0.2) is 19.8 Å². The Balaban J connectivity index is 0.00000361. The molecule has 0 bridgehead atoms. The van der Waals surface area contributed by atoms with Gasteiger partial charge in [-0.1, -0.05) is 44.2 Å². The van der Waals surface area contributed by atoms with Crippen LogP contribution in [0.1, 0.15) is 78.5 Å². The van der Waals surface area contributed by atoms with Gasteiger partial charge in [0.2, 0.25) is 0 Å². The Morgan fingerprint density at radius 1 is 0.889 bits per heavy atom. The van der Waals surface area contributed by atoms with Crippen molar-refractivity contribution in [3.63, 3.8) is 0 Å². The van der Waals surface area contributed by atoms with E-state index in [4.69, 9.17) is 14.2 Å². The second kappa shape index (κ2) is 10.6. The molecular weight excluding hydrogens is 470 g/mol. The number of rotatable bonds is 7. The first-order chi connectivity index (χ1) is 16.6. The van der Waals surface area contributed by atoms with Crippen LogP contribution in [0.4, 0.5) is 5.69 Å². The van der Waals surface area contributed by atoms with Gasteiger partial charge in [-0.15, -0.1) is 12.4 Å². The minimum atomic E-state index is -0.328. The molecule has 0 fully saturated rings. The van der Waals surface area contributed by atoms with E-state index in [9.17, 15) is 0 Å². The number of anilines is 1. The average molecular weight is 510 g/mol. The molecule has 0 saturated carbocycles. The first kappa shape index (κ1) is 27.7.